The van der Waals surface area contributed by atoms with E-state index in [0.717, 1.165) is 22.7 Å². The Morgan fingerprint density at radius 1 is 1.50 bits per heavy atom. The first-order chi connectivity index (χ1) is 8.79. The highest BCUT2D eigenvalue weighted by Gasteiger charge is 2.05. The lowest BCUT2D eigenvalue weighted by atomic mass is 10.3. The van der Waals surface area contributed by atoms with Crippen molar-refractivity contribution in [2.75, 3.05) is 0 Å². The molecule has 0 aliphatic carbocycles. The number of aromatic nitrogens is 2. The second kappa shape index (κ2) is 6.26. The Kier molecular flexibility index (Phi) is 4.41. The van der Waals surface area contributed by atoms with E-state index in [9.17, 15) is 4.79 Å². The van der Waals surface area contributed by atoms with Gasteiger partial charge in [0.05, 0.1) is 12.2 Å². The number of pyridine rings is 1. The van der Waals surface area contributed by atoms with Crippen molar-refractivity contribution in [1.29, 1.82) is 0 Å². The Hall–Kier alpha value is -1.75. The molecule has 0 unspecified atom stereocenters. The van der Waals surface area contributed by atoms with Crippen LogP contribution in [0.1, 0.15) is 25.5 Å². The largest absolute Gasteiger partial charge is 0.350 e. The van der Waals surface area contributed by atoms with Crippen molar-refractivity contribution in [3.63, 3.8) is 0 Å². The molecule has 0 atom stereocenters. The summed E-state index contributed by atoms with van der Waals surface area (Å²) in [6, 6.07) is 3.87. The maximum atomic E-state index is 11.3. The van der Waals surface area contributed by atoms with Crippen LogP contribution in [-0.2, 0) is 11.3 Å². The molecule has 2 aromatic heterocycles. The molecule has 1 N–H and O–H groups in total. The third-order valence-electron chi connectivity index (χ3n) is 2.40. The van der Waals surface area contributed by atoms with E-state index in [1.807, 2.05) is 24.4 Å². The number of carbonyl (C=O) groups is 1. The summed E-state index contributed by atoms with van der Waals surface area (Å²) in [6.45, 7) is 2.48. The van der Waals surface area contributed by atoms with Crippen LogP contribution in [0.15, 0.2) is 29.9 Å². The summed E-state index contributed by atoms with van der Waals surface area (Å²) in [5.41, 5.74) is 1.90. The number of amides is 1. The fraction of sp³-hybridized carbons (Fsp3) is 0.308. The van der Waals surface area contributed by atoms with Crippen LogP contribution >= 0.6 is 11.3 Å². The maximum absolute atomic E-state index is 11.3. The van der Waals surface area contributed by atoms with Crippen LogP contribution < -0.4 is 5.32 Å². The lowest BCUT2D eigenvalue weighted by Gasteiger charge is -2.00. The van der Waals surface area contributed by atoms with Crippen molar-refractivity contribution < 1.29 is 4.79 Å². The van der Waals surface area contributed by atoms with Gasteiger partial charge >= 0.3 is 0 Å². The second-order valence-electron chi connectivity index (χ2n) is 3.91. The standard InChI is InChI=1S/C13H15N3OS/c1-2-4-12(17)15-8-11-9-18-13(16-11)10-5-3-6-14-7-10/h3,5-7,9H,2,4,8H2,1H3,(H,15,17). The first-order valence-corrected chi connectivity index (χ1v) is 6.79. The average molecular weight is 261 g/mol. The van der Waals surface area contributed by atoms with E-state index < -0.39 is 0 Å². The number of hydrogen-bond acceptors (Lipinski definition) is 4. The van der Waals surface area contributed by atoms with E-state index in [1.165, 1.54) is 0 Å². The highest BCUT2D eigenvalue weighted by Crippen LogP contribution is 2.22. The monoisotopic (exact) mass is 261 g/mol. The van der Waals surface area contributed by atoms with E-state index >= 15 is 0 Å². The van der Waals surface area contributed by atoms with E-state index in [2.05, 4.69) is 15.3 Å². The van der Waals surface area contributed by atoms with Gasteiger partial charge in [-0.2, -0.15) is 0 Å². The summed E-state index contributed by atoms with van der Waals surface area (Å²) in [5.74, 6) is 0.0772. The highest BCUT2D eigenvalue weighted by atomic mass is 32.1. The number of thiazole rings is 1. The molecule has 18 heavy (non-hydrogen) atoms. The quantitative estimate of drug-likeness (QED) is 0.900. The summed E-state index contributed by atoms with van der Waals surface area (Å²) in [5, 5.41) is 5.75. The molecule has 1 amide bonds. The van der Waals surface area contributed by atoms with E-state index in [4.69, 9.17) is 0 Å². The minimum atomic E-state index is 0.0772. The molecule has 0 bridgehead atoms. The third kappa shape index (κ3) is 3.37. The van der Waals surface area contributed by atoms with Gasteiger partial charge in [-0.3, -0.25) is 9.78 Å². The van der Waals surface area contributed by atoms with E-state index in [0.29, 0.717) is 13.0 Å². The molecule has 2 heterocycles. The van der Waals surface area contributed by atoms with E-state index in [1.54, 1.807) is 23.7 Å². The van der Waals surface area contributed by atoms with Crippen molar-refractivity contribution >= 4 is 17.2 Å². The van der Waals surface area contributed by atoms with Gasteiger partial charge in [-0.05, 0) is 18.6 Å². The average Bonchev–Trinajstić information content (AvgIpc) is 2.87. The summed E-state index contributed by atoms with van der Waals surface area (Å²) in [6.07, 6.45) is 4.96. The molecule has 5 heteroatoms. The molecular weight excluding hydrogens is 246 g/mol. The van der Waals surface area contributed by atoms with Gasteiger partial charge in [0, 0.05) is 29.8 Å². The number of rotatable bonds is 5. The molecule has 4 nitrogen and oxygen atoms in total. The zero-order chi connectivity index (χ0) is 12.8. The van der Waals surface area contributed by atoms with Gasteiger partial charge in [0.25, 0.3) is 0 Å². The fourth-order valence-corrected chi connectivity index (χ4v) is 2.33. The fourth-order valence-electron chi connectivity index (χ4n) is 1.51. The molecule has 94 valence electrons. The normalized spacial score (nSPS) is 10.3. The Morgan fingerprint density at radius 3 is 3.11 bits per heavy atom. The zero-order valence-electron chi connectivity index (χ0n) is 10.2. The Bertz CT molecular complexity index is 510. The molecule has 0 fully saturated rings. The van der Waals surface area contributed by atoms with Crippen LogP contribution in [0.2, 0.25) is 0 Å². The molecule has 0 radical (unpaired) electrons. The van der Waals surface area contributed by atoms with Crippen molar-refractivity contribution in [3.8, 4) is 10.6 Å². The van der Waals surface area contributed by atoms with E-state index in [-0.39, 0.29) is 5.91 Å². The molecule has 0 spiro atoms. The highest BCUT2D eigenvalue weighted by molar-refractivity contribution is 7.13. The first-order valence-electron chi connectivity index (χ1n) is 5.91. The smallest absolute Gasteiger partial charge is 0.220 e. The van der Waals surface area contributed by atoms with Crippen molar-refractivity contribution in [3.05, 3.63) is 35.6 Å². The SMILES string of the molecule is CCCC(=O)NCc1csc(-c2cccnc2)n1. The van der Waals surface area contributed by atoms with Crippen LogP contribution in [0.4, 0.5) is 0 Å². The number of hydrogen-bond donors (Lipinski definition) is 1. The topological polar surface area (TPSA) is 54.9 Å². The second-order valence-corrected chi connectivity index (χ2v) is 4.77. The number of carbonyl (C=O) groups excluding carboxylic acids is 1. The molecule has 2 aromatic rings. The van der Waals surface area contributed by atoms with Crippen molar-refractivity contribution in [2.24, 2.45) is 0 Å². The van der Waals surface area contributed by atoms with Gasteiger partial charge in [0.15, 0.2) is 0 Å². The molecule has 2 rings (SSSR count). The Balaban J connectivity index is 1.97. The summed E-state index contributed by atoms with van der Waals surface area (Å²) >= 11 is 1.57. The van der Waals surface area contributed by atoms with Crippen LogP contribution in [0.3, 0.4) is 0 Å². The van der Waals surface area contributed by atoms with Crippen LogP contribution in [0, 0.1) is 0 Å². The van der Waals surface area contributed by atoms with Gasteiger partial charge < -0.3 is 5.32 Å². The Labute approximate surface area is 110 Å². The number of nitrogens with zero attached hydrogens (tertiary/aromatic N) is 2. The van der Waals surface area contributed by atoms with Crippen LogP contribution in [0.5, 0.6) is 0 Å². The first kappa shape index (κ1) is 12.7. The zero-order valence-corrected chi connectivity index (χ0v) is 11.0. The van der Waals surface area contributed by atoms with Crippen LogP contribution in [-0.4, -0.2) is 15.9 Å². The summed E-state index contributed by atoms with van der Waals surface area (Å²) < 4.78 is 0. The van der Waals surface area contributed by atoms with Gasteiger partial charge in [0.2, 0.25) is 5.91 Å². The third-order valence-corrected chi connectivity index (χ3v) is 3.34. The van der Waals surface area contributed by atoms with Crippen molar-refractivity contribution in [1.82, 2.24) is 15.3 Å². The predicted octanol–water partition coefficient (Wildman–Crippen LogP) is 2.62. The van der Waals surface area contributed by atoms with Crippen molar-refractivity contribution in [2.45, 2.75) is 26.3 Å². The van der Waals surface area contributed by atoms with Crippen LogP contribution in [0.25, 0.3) is 10.6 Å². The summed E-state index contributed by atoms with van der Waals surface area (Å²) in [7, 11) is 0. The number of nitrogens with one attached hydrogen (secondary N) is 1. The molecule has 0 aliphatic rings. The van der Waals surface area contributed by atoms with Gasteiger partial charge in [-0.15, -0.1) is 11.3 Å². The van der Waals surface area contributed by atoms with Gasteiger partial charge in [-0.25, -0.2) is 4.98 Å². The lowest BCUT2D eigenvalue weighted by Crippen LogP contribution is -2.22. The minimum Gasteiger partial charge on any atom is -0.350 e. The van der Waals surface area contributed by atoms with Gasteiger partial charge in [-0.1, -0.05) is 6.92 Å². The summed E-state index contributed by atoms with van der Waals surface area (Å²) in [4.78, 5) is 19.9. The molecule has 0 aliphatic heterocycles. The molecule has 0 saturated heterocycles. The van der Waals surface area contributed by atoms with Gasteiger partial charge in [0.1, 0.15) is 5.01 Å². The molecule has 0 aromatic carbocycles. The minimum absolute atomic E-state index is 0.0772. The lowest BCUT2D eigenvalue weighted by molar-refractivity contribution is -0.121. The maximum Gasteiger partial charge on any atom is 0.220 e. The molecule has 0 saturated carbocycles. The predicted molar refractivity (Wildman–Crippen MR) is 72.1 cm³/mol. The Morgan fingerprint density at radius 2 is 2.39 bits per heavy atom. The molecular formula is C13H15N3OS.